The van der Waals surface area contributed by atoms with Crippen molar-refractivity contribution in [2.24, 2.45) is 0 Å². The Balaban J connectivity index is 0.00000578. The maximum Gasteiger partial charge on any atom is 0.491 e. The summed E-state index contributed by atoms with van der Waals surface area (Å²) in [5.41, 5.74) is 0.562. The van der Waals surface area contributed by atoms with E-state index in [4.69, 9.17) is 14.5 Å². The lowest BCUT2D eigenvalue weighted by atomic mass is 10.0. The zero-order valence-corrected chi connectivity index (χ0v) is 20.7. The van der Waals surface area contributed by atoms with Gasteiger partial charge in [0.25, 0.3) is 11.5 Å². The highest BCUT2D eigenvalue weighted by Gasteiger charge is 2.44. The van der Waals surface area contributed by atoms with Gasteiger partial charge in [-0.3, -0.25) is 9.59 Å². The topological polar surface area (TPSA) is 231 Å². The Kier molecular flexibility index (Phi) is 10.9. The highest BCUT2D eigenvalue weighted by Crippen LogP contribution is 2.35. The van der Waals surface area contributed by atoms with E-state index in [2.05, 4.69) is 4.62 Å². The third-order valence-electron chi connectivity index (χ3n) is 4.96. The Hall–Kier alpha value is -2.72. The largest absolute Gasteiger partial charge is 0.494 e. The van der Waals surface area contributed by atoms with E-state index in [0.29, 0.717) is 0 Å². The first-order valence-electron chi connectivity index (χ1n) is 9.08. The highest BCUT2D eigenvalue weighted by atomic mass is 32.2. The summed E-state index contributed by atoms with van der Waals surface area (Å²) >= 11 is 0. The van der Waals surface area contributed by atoms with Gasteiger partial charge in [-0.1, -0.05) is 0 Å². The summed E-state index contributed by atoms with van der Waals surface area (Å²) in [6.45, 7) is 0.682. The molecule has 0 saturated heterocycles. The van der Waals surface area contributed by atoms with Crippen LogP contribution < -0.4 is 28.1 Å². The molecule has 1 heterocycles. The minimum atomic E-state index is -5.12. The van der Waals surface area contributed by atoms with E-state index >= 15 is 0 Å². The molecular weight excluding hydrogens is 517 g/mol. The van der Waals surface area contributed by atoms with Crippen molar-refractivity contribution >= 4 is 23.6 Å². The predicted octanol–water partition coefficient (Wildman–Crippen LogP) is 1.46. The number of amides is 1. The maximum atomic E-state index is 14.3. The highest BCUT2D eigenvalue weighted by molar-refractivity contribution is 7.92. The van der Waals surface area contributed by atoms with E-state index < -0.39 is 51.9 Å². The molecule has 2 rings (SSSR count). The van der Waals surface area contributed by atoms with Gasteiger partial charge < -0.3 is 31.4 Å². The molecule has 198 valence electrons. The Morgan fingerprint density at radius 3 is 2.29 bits per heavy atom. The van der Waals surface area contributed by atoms with Crippen LogP contribution in [0.2, 0.25) is 0 Å². The monoisotopic (exact) mass is 544 g/mol. The summed E-state index contributed by atoms with van der Waals surface area (Å²) in [4.78, 5) is 42.1. The lowest BCUT2D eigenvalue weighted by Crippen LogP contribution is -2.50. The molecule has 17 heteroatoms. The van der Waals surface area contributed by atoms with Crippen LogP contribution in [0.5, 0.6) is 5.75 Å². The number of sulfone groups is 1. The van der Waals surface area contributed by atoms with Crippen LogP contribution >= 0.6 is 7.82 Å². The number of methoxy groups -OCH3 is 1. The molecule has 0 aliphatic rings. The van der Waals surface area contributed by atoms with Crippen molar-refractivity contribution in [3.05, 3.63) is 52.5 Å². The van der Waals surface area contributed by atoms with Gasteiger partial charge in [0, 0.05) is 30.6 Å². The van der Waals surface area contributed by atoms with Gasteiger partial charge in [-0.15, -0.1) is 0 Å². The Morgan fingerprint density at radius 2 is 1.80 bits per heavy atom. The minimum Gasteiger partial charge on any atom is -0.494 e. The third-order valence-corrected chi connectivity index (χ3v) is 7.32. The van der Waals surface area contributed by atoms with E-state index in [0.717, 1.165) is 23.8 Å². The van der Waals surface area contributed by atoms with Crippen LogP contribution in [0.3, 0.4) is 0 Å². The molecule has 35 heavy (non-hydrogen) atoms. The molecule has 13 nitrogen and oxygen atoms in total. The number of hydrogen-bond donors (Lipinski definition) is 5. The average molecular weight is 544 g/mol. The van der Waals surface area contributed by atoms with Crippen LogP contribution in [0.1, 0.15) is 13.3 Å². The van der Waals surface area contributed by atoms with Crippen LogP contribution in [0.15, 0.2) is 35.3 Å². The Morgan fingerprint density at radius 1 is 1.20 bits per heavy atom. The molecule has 0 fully saturated rings. The number of pyridine rings is 1. The molecule has 0 unspecified atom stereocenters. The molecule has 0 spiro atoms. The number of ether oxygens (including phenoxy) is 1. The fourth-order valence-electron chi connectivity index (χ4n) is 2.78. The first-order valence-corrected chi connectivity index (χ1v) is 12.5. The summed E-state index contributed by atoms with van der Waals surface area (Å²) in [6.07, 6.45) is 1.45. The number of phosphoric acid groups is 1. The number of hydroxylamine groups is 1. The number of carbonyl (C=O) groups excluding carboxylic acids is 1. The standard InChI is InChI=1S/C18H21F2N2O9PS.2H3N/c1-18(33(3,28)29,17(24)21-31-32(25,26)27)7-9-22-8-6-11(10-14(22)23)12-4-5-13(30-2)16(20)15(12)19;;/h4-6,8,10H,7,9H2,1-3H3,(H,21,24)(H2,25,26,27);2*1H3/t18-;;/m1../s1. The average Bonchev–Trinajstić information content (AvgIpc) is 2.71. The van der Waals surface area contributed by atoms with Gasteiger partial charge in [0.1, 0.15) is 0 Å². The molecule has 1 aromatic carbocycles. The first kappa shape index (κ1) is 32.3. The third kappa shape index (κ3) is 7.38. The maximum absolute atomic E-state index is 14.3. The Labute approximate surface area is 199 Å². The molecule has 2 aromatic rings. The van der Waals surface area contributed by atoms with Gasteiger partial charge >= 0.3 is 7.82 Å². The lowest BCUT2D eigenvalue weighted by molar-refractivity contribution is -0.131. The van der Waals surface area contributed by atoms with Gasteiger partial charge in [0.05, 0.1) is 7.11 Å². The van der Waals surface area contributed by atoms with E-state index in [1.165, 1.54) is 37.0 Å². The van der Waals surface area contributed by atoms with E-state index in [-0.39, 0.29) is 35.7 Å². The van der Waals surface area contributed by atoms with Crippen molar-refractivity contribution in [2.75, 3.05) is 13.4 Å². The summed E-state index contributed by atoms with van der Waals surface area (Å²) in [6, 6.07) is 4.71. The van der Waals surface area contributed by atoms with Crippen LogP contribution in [0, 0.1) is 11.6 Å². The Bertz CT molecular complexity index is 1280. The zero-order chi connectivity index (χ0) is 25.2. The predicted molar refractivity (Wildman–Crippen MR) is 122 cm³/mol. The molecule has 9 N–H and O–H groups in total. The molecule has 1 atom stereocenters. The second kappa shape index (κ2) is 11.8. The van der Waals surface area contributed by atoms with Crippen molar-refractivity contribution in [1.82, 2.24) is 22.3 Å². The van der Waals surface area contributed by atoms with Crippen molar-refractivity contribution in [3.8, 4) is 16.9 Å². The molecule has 1 amide bonds. The van der Waals surface area contributed by atoms with E-state index in [1.54, 1.807) is 0 Å². The van der Waals surface area contributed by atoms with Gasteiger partial charge in [-0.05, 0) is 37.1 Å². The number of halogens is 2. The van der Waals surface area contributed by atoms with Crippen molar-refractivity contribution in [2.45, 2.75) is 24.6 Å². The van der Waals surface area contributed by atoms with Crippen molar-refractivity contribution < 1.29 is 45.7 Å². The fraction of sp³-hybridized carbons (Fsp3) is 0.333. The van der Waals surface area contributed by atoms with Gasteiger partial charge in [0.2, 0.25) is 5.82 Å². The zero-order valence-electron chi connectivity index (χ0n) is 19.0. The molecule has 1 aromatic heterocycles. The number of nitrogens with one attached hydrogen (secondary N) is 1. The number of benzene rings is 1. The molecule has 0 bridgehead atoms. The van der Waals surface area contributed by atoms with E-state index in [9.17, 15) is 31.4 Å². The van der Waals surface area contributed by atoms with Crippen LogP contribution in [-0.4, -0.2) is 46.8 Å². The second-order valence-corrected chi connectivity index (χ2v) is 10.8. The molecule has 0 saturated carbocycles. The van der Waals surface area contributed by atoms with Gasteiger partial charge in [-0.2, -0.15) is 9.01 Å². The number of aromatic nitrogens is 1. The number of aryl methyl sites for hydroxylation is 1. The quantitative estimate of drug-likeness (QED) is 0.224. The van der Waals surface area contributed by atoms with Crippen LogP contribution in [-0.2, 0) is 30.4 Å². The molecule has 0 radical (unpaired) electrons. The number of carbonyl (C=O) groups is 1. The fourth-order valence-corrected chi connectivity index (χ4v) is 3.82. The summed E-state index contributed by atoms with van der Waals surface area (Å²) in [5.74, 6) is -4.12. The minimum absolute atomic E-state index is 0. The van der Waals surface area contributed by atoms with Gasteiger partial charge in [0.15, 0.2) is 26.2 Å². The van der Waals surface area contributed by atoms with E-state index in [1.807, 2.05) is 0 Å². The summed E-state index contributed by atoms with van der Waals surface area (Å²) in [5, 5.41) is 0. The van der Waals surface area contributed by atoms with Crippen molar-refractivity contribution in [3.63, 3.8) is 0 Å². The smallest absolute Gasteiger partial charge is 0.491 e. The number of rotatable bonds is 9. The number of hydrogen-bond acceptors (Lipinski definition) is 9. The summed E-state index contributed by atoms with van der Waals surface area (Å²) < 4.78 is 70.8. The normalized spacial score (nSPS) is 13.1. The molecule has 0 aliphatic heterocycles. The molecule has 0 aliphatic carbocycles. The van der Waals surface area contributed by atoms with Gasteiger partial charge in [-0.25, -0.2) is 22.9 Å². The lowest BCUT2D eigenvalue weighted by Gasteiger charge is -2.26. The second-order valence-electron chi connectivity index (χ2n) is 7.16. The van der Waals surface area contributed by atoms with Crippen LogP contribution in [0.4, 0.5) is 8.78 Å². The SMILES string of the molecule is COc1ccc(-c2ccn(CC[C@](C)(C(=O)NOP(=O)(O)O)S(C)(=O)=O)c(=O)c2)c(F)c1F.N.N. The molecular formula is C18H27F2N4O9PS. The number of nitrogens with zero attached hydrogens (tertiary/aromatic N) is 1. The van der Waals surface area contributed by atoms with Crippen LogP contribution in [0.25, 0.3) is 11.1 Å². The van der Waals surface area contributed by atoms with Crippen molar-refractivity contribution in [1.29, 1.82) is 0 Å². The summed E-state index contributed by atoms with van der Waals surface area (Å²) in [7, 11) is -8.10. The first-order chi connectivity index (χ1) is 15.1.